The third kappa shape index (κ3) is 2.98. The number of hydrogen-bond donors (Lipinski definition) is 2. The average molecular weight is 197 g/mol. The first-order chi connectivity index (χ1) is 6.77. The Bertz CT molecular complexity index is 237. The lowest BCUT2D eigenvalue weighted by Gasteiger charge is -2.37. The predicted octanol–water partition coefficient (Wildman–Crippen LogP) is -0.259. The first kappa shape index (κ1) is 11.0. The first-order valence-corrected chi connectivity index (χ1v) is 4.79. The molecule has 2 atom stereocenters. The van der Waals surface area contributed by atoms with Gasteiger partial charge in [-0.1, -0.05) is 6.92 Å². The second-order valence-electron chi connectivity index (χ2n) is 3.20. The Hall–Kier alpha value is -1.12. The minimum Gasteiger partial charge on any atom is -0.373 e. The van der Waals surface area contributed by atoms with Crippen molar-refractivity contribution in [3.63, 3.8) is 0 Å². The molecule has 0 aromatic heterocycles. The second kappa shape index (κ2) is 5.58. The van der Waals surface area contributed by atoms with E-state index in [1.807, 2.05) is 6.92 Å². The van der Waals surface area contributed by atoms with E-state index in [0.29, 0.717) is 6.61 Å². The minimum atomic E-state index is -0.255. The minimum absolute atomic E-state index is 0.0533. The molecular formula is C9H15N3O2. The molecule has 5 nitrogen and oxygen atoms in total. The number of carbonyl (C=O) groups excluding carboxylic acids is 1. The van der Waals surface area contributed by atoms with Crippen molar-refractivity contribution in [1.29, 1.82) is 5.26 Å². The molecule has 0 spiro atoms. The largest absolute Gasteiger partial charge is 0.373 e. The molecule has 1 heterocycles. The van der Waals surface area contributed by atoms with Crippen molar-refractivity contribution in [3.8, 4) is 6.07 Å². The van der Waals surface area contributed by atoms with Crippen molar-refractivity contribution in [3.05, 3.63) is 0 Å². The van der Waals surface area contributed by atoms with Crippen LogP contribution < -0.4 is 10.6 Å². The lowest BCUT2D eigenvalue weighted by molar-refractivity contribution is -0.124. The molecule has 0 aromatic rings. The highest BCUT2D eigenvalue weighted by atomic mass is 16.5. The van der Waals surface area contributed by atoms with Crippen molar-refractivity contribution in [2.24, 2.45) is 0 Å². The highest BCUT2D eigenvalue weighted by Gasteiger charge is 2.31. The van der Waals surface area contributed by atoms with Crippen LogP contribution in [0.2, 0.25) is 0 Å². The molecule has 0 saturated carbocycles. The quantitative estimate of drug-likeness (QED) is 0.637. The van der Waals surface area contributed by atoms with Crippen molar-refractivity contribution >= 4 is 5.91 Å². The first-order valence-electron chi connectivity index (χ1n) is 4.79. The SMILES string of the molecule is CCCOC1CNC1NC(=O)CC#N. The Labute approximate surface area is 83.4 Å². The van der Waals surface area contributed by atoms with Gasteiger partial charge in [-0.2, -0.15) is 5.26 Å². The molecule has 1 aliphatic heterocycles. The van der Waals surface area contributed by atoms with Gasteiger partial charge >= 0.3 is 0 Å². The van der Waals surface area contributed by atoms with E-state index in [2.05, 4.69) is 10.6 Å². The summed E-state index contributed by atoms with van der Waals surface area (Å²) >= 11 is 0. The molecule has 1 saturated heterocycles. The standard InChI is InChI=1S/C9H15N3O2/c1-2-5-14-7-6-11-9(7)12-8(13)3-4-10/h7,9,11H,2-3,5-6H2,1H3,(H,12,13). The molecule has 1 fully saturated rings. The van der Waals surface area contributed by atoms with E-state index >= 15 is 0 Å². The monoisotopic (exact) mass is 197 g/mol. The van der Waals surface area contributed by atoms with E-state index in [9.17, 15) is 4.79 Å². The topological polar surface area (TPSA) is 74.2 Å². The zero-order valence-electron chi connectivity index (χ0n) is 8.25. The summed E-state index contributed by atoms with van der Waals surface area (Å²) in [5, 5.41) is 14.0. The Kier molecular flexibility index (Phi) is 4.36. The van der Waals surface area contributed by atoms with E-state index in [-0.39, 0.29) is 24.6 Å². The van der Waals surface area contributed by atoms with Crippen LogP contribution in [0.5, 0.6) is 0 Å². The van der Waals surface area contributed by atoms with E-state index in [0.717, 1.165) is 13.0 Å². The van der Waals surface area contributed by atoms with Crippen molar-refractivity contribution in [2.45, 2.75) is 32.0 Å². The van der Waals surface area contributed by atoms with Crippen LogP contribution in [0.3, 0.4) is 0 Å². The zero-order valence-corrected chi connectivity index (χ0v) is 8.25. The van der Waals surface area contributed by atoms with Gasteiger partial charge in [-0.05, 0) is 6.42 Å². The van der Waals surface area contributed by atoms with Gasteiger partial charge in [0, 0.05) is 13.2 Å². The van der Waals surface area contributed by atoms with Crippen LogP contribution in [0.4, 0.5) is 0 Å². The second-order valence-corrected chi connectivity index (χ2v) is 3.20. The van der Waals surface area contributed by atoms with Gasteiger partial charge in [0.2, 0.25) is 5.91 Å². The highest BCUT2D eigenvalue weighted by molar-refractivity contribution is 5.78. The molecular weight excluding hydrogens is 182 g/mol. The van der Waals surface area contributed by atoms with E-state index in [4.69, 9.17) is 10.00 Å². The number of rotatable bonds is 5. The highest BCUT2D eigenvalue weighted by Crippen LogP contribution is 2.06. The Morgan fingerprint density at radius 3 is 3.07 bits per heavy atom. The molecule has 1 rings (SSSR count). The lowest BCUT2D eigenvalue weighted by Crippen LogP contribution is -2.66. The number of hydrogen-bond acceptors (Lipinski definition) is 4. The smallest absolute Gasteiger partial charge is 0.235 e. The molecule has 14 heavy (non-hydrogen) atoms. The summed E-state index contributed by atoms with van der Waals surface area (Å²) in [6.45, 7) is 3.50. The third-order valence-electron chi connectivity index (χ3n) is 2.00. The van der Waals surface area contributed by atoms with Crippen LogP contribution in [0.15, 0.2) is 0 Å². The van der Waals surface area contributed by atoms with Crippen LogP contribution >= 0.6 is 0 Å². The fourth-order valence-electron chi connectivity index (χ4n) is 1.20. The molecule has 2 N–H and O–H groups in total. The Balaban J connectivity index is 2.19. The van der Waals surface area contributed by atoms with Crippen molar-refractivity contribution < 1.29 is 9.53 Å². The normalized spacial score (nSPS) is 24.9. The van der Waals surface area contributed by atoms with Gasteiger partial charge in [0.15, 0.2) is 0 Å². The fraction of sp³-hybridized carbons (Fsp3) is 0.778. The van der Waals surface area contributed by atoms with Crippen molar-refractivity contribution in [2.75, 3.05) is 13.2 Å². The summed E-state index contributed by atoms with van der Waals surface area (Å²) in [4.78, 5) is 11.0. The van der Waals surface area contributed by atoms with Crippen LogP contribution in [0, 0.1) is 11.3 Å². The van der Waals surface area contributed by atoms with Gasteiger partial charge in [0.05, 0.1) is 6.07 Å². The fourth-order valence-corrected chi connectivity index (χ4v) is 1.20. The molecule has 0 bridgehead atoms. The summed E-state index contributed by atoms with van der Waals surface area (Å²) < 4.78 is 5.46. The number of amides is 1. The number of carbonyl (C=O) groups is 1. The summed E-state index contributed by atoms with van der Waals surface area (Å²) in [5.74, 6) is -0.255. The maximum absolute atomic E-state index is 11.0. The Morgan fingerprint density at radius 1 is 1.79 bits per heavy atom. The number of nitriles is 1. The van der Waals surface area contributed by atoms with Crippen LogP contribution in [0.1, 0.15) is 19.8 Å². The molecule has 0 radical (unpaired) electrons. The predicted molar refractivity (Wildman–Crippen MR) is 50.2 cm³/mol. The van der Waals surface area contributed by atoms with Crippen LogP contribution in [-0.2, 0) is 9.53 Å². The van der Waals surface area contributed by atoms with Gasteiger partial charge in [0.1, 0.15) is 18.7 Å². The van der Waals surface area contributed by atoms with Gasteiger partial charge < -0.3 is 10.1 Å². The molecule has 1 aliphatic rings. The lowest BCUT2D eigenvalue weighted by atomic mass is 10.1. The number of nitrogens with one attached hydrogen (secondary N) is 2. The maximum atomic E-state index is 11.0. The van der Waals surface area contributed by atoms with E-state index in [1.165, 1.54) is 0 Å². The number of nitrogens with zero attached hydrogens (tertiary/aromatic N) is 1. The summed E-state index contributed by atoms with van der Waals surface area (Å²) in [6.07, 6.45) is 0.800. The van der Waals surface area contributed by atoms with E-state index in [1.54, 1.807) is 6.07 Å². The van der Waals surface area contributed by atoms with Crippen LogP contribution in [0.25, 0.3) is 0 Å². The molecule has 2 unspecified atom stereocenters. The van der Waals surface area contributed by atoms with Gasteiger partial charge in [-0.3, -0.25) is 10.1 Å². The summed E-state index contributed by atoms with van der Waals surface area (Å²) in [5.41, 5.74) is 0. The molecule has 5 heteroatoms. The Morgan fingerprint density at radius 2 is 2.57 bits per heavy atom. The third-order valence-corrected chi connectivity index (χ3v) is 2.00. The van der Waals surface area contributed by atoms with Gasteiger partial charge in [-0.25, -0.2) is 0 Å². The molecule has 0 aliphatic carbocycles. The maximum Gasteiger partial charge on any atom is 0.235 e. The van der Waals surface area contributed by atoms with Crippen LogP contribution in [-0.4, -0.2) is 31.3 Å². The van der Waals surface area contributed by atoms with E-state index < -0.39 is 0 Å². The molecule has 0 aromatic carbocycles. The number of ether oxygens (including phenoxy) is 1. The molecule has 1 amide bonds. The molecule has 78 valence electrons. The zero-order chi connectivity index (χ0) is 10.4. The van der Waals surface area contributed by atoms with Gasteiger partial charge in [0.25, 0.3) is 0 Å². The summed E-state index contributed by atoms with van der Waals surface area (Å²) in [7, 11) is 0. The summed E-state index contributed by atoms with van der Waals surface area (Å²) in [6, 6.07) is 1.80. The van der Waals surface area contributed by atoms with Crippen molar-refractivity contribution in [1.82, 2.24) is 10.6 Å². The van der Waals surface area contributed by atoms with Gasteiger partial charge in [-0.15, -0.1) is 0 Å². The average Bonchev–Trinajstić information content (AvgIpc) is 2.14.